The Balaban J connectivity index is 0.00000392. The molecule has 2 saturated heterocycles. The van der Waals surface area contributed by atoms with Gasteiger partial charge in [0, 0.05) is 46.0 Å². The molecule has 0 spiro atoms. The Morgan fingerprint density at radius 3 is 2.39 bits per heavy atom. The maximum absolute atomic E-state index is 5.99. The first-order chi connectivity index (χ1) is 13.1. The highest BCUT2D eigenvalue weighted by Gasteiger charge is 2.23. The fourth-order valence-corrected chi connectivity index (χ4v) is 3.92. The zero-order chi connectivity index (χ0) is 19.5. The molecule has 2 aliphatic rings. The molecule has 0 aromatic heterocycles. The average molecular weight is 511 g/mol. The third-order valence-electron chi connectivity index (χ3n) is 5.87. The Bertz CT molecular complexity index is 423. The summed E-state index contributed by atoms with van der Waals surface area (Å²) in [5, 5.41) is 3.49. The lowest BCUT2D eigenvalue weighted by molar-refractivity contribution is 0.00988. The Labute approximate surface area is 189 Å². The molecule has 2 heterocycles. The van der Waals surface area contributed by atoms with Crippen LogP contribution in [-0.2, 0) is 9.47 Å². The molecule has 0 aromatic rings. The van der Waals surface area contributed by atoms with Gasteiger partial charge < -0.3 is 19.7 Å². The van der Waals surface area contributed by atoms with Crippen molar-refractivity contribution in [2.45, 2.75) is 65.0 Å². The van der Waals surface area contributed by atoms with E-state index >= 15 is 0 Å². The highest BCUT2D eigenvalue weighted by Crippen LogP contribution is 2.18. The molecular weight excluding hydrogens is 467 g/mol. The van der Waals surface area contributed by atoms with Crippen molar-refractivity contribution in [3.63, 3.8) is 0 Å². The smallest absolute Gasteiger partial charge is 0.193 e. The molecule has 0 radical (unpaired) electrons. The number of methoxy groups -OCH3 is 1. The summed E-state index contributed by atoms with van der Waals surface area (Å²) in [5.74, 6) is 1.96. The number of guanidine groups is 1. The second kappa shape index (κ2) is 14.8. The predicted molar refractivity (Wildman–Crippen MR) is 128 cm³/mol. The highest BCUT2D eigenvalue weighted by molar-refractivity contribution is 14.0. The van der Waals surface area contributed by atoms with Gasteiger partial charge in [-0.3, -0.25) is 9.89 Å². The SMILES string of the molecule is CCNC(=NCC(C)N1CCC(C)CC1)N1CCC(OCCCOC)CC1.I. The van der Waals surface area contributed by atoms with Crippen molar-refractivity contribution in [1.82, 2.24) is 15.1 Å². The van der Waals surface area contributed by atoms with Crippen LogP contribution in [-0.4, -0.2) is 87.5 Å². The molecule has 0 aliphatic carbocycles. The van der Waals surface area contributed by atoms with Gasteiger partial charge in [-0.05, 0) is 65.0 Å². The van der Waals surface area contributed by atoms with E-state index in [0.717, 1.165) is 70.5 Å². The van der Waals surface area contributed by atoms with Gasteiger partial charge in [0.25, 0.3) is 0 Å². The van der Waals surface area contributed by atoms with E-state index in [1.807, 2.05) is 0 Å². The second-order valence-corrected chi connectivity index (χ2v) is 8.17. The van der Waals surface area contributed by atoms with Crippen molar-refractivity contribution >= 4 is 29.9 Å². The molecule has 1 unspecified atom stereocenters. The Kier molecular flexibility index (Phi) is 13.7. The van der Waals surface area contributed by atoms with Crippen LogP contribution in [0.1, 0.15) is 52.9 Å². The van der Waals surface area contributed by atoms with Crippen molar-refractivity contribution in [2.75, 3.05) is 59.6 Å². The first-order valence-corrected chi connectivity index (χ1v) is 11.0. The lowest BCUT2D eigenvalue weighted by Gasteiger charge is -2.36. The van der Waals surface area contributed by atoms with Crippen LogP contribution in [0.25, 0.3) is 0 Å². The summed E-state index contributed by atoms with van der Waals surface area (Å²) in [7, 11) is 1.74. The zero-order valence-electron chi connectivity index (χ0n) is 18.5. The van der Waals surface area contributed by atoms with Gasteiger partial charge >= 0.3 is 0 Å². The summed E-state index contributed by atoms with van der Waals surface area (Å²) < 4.78 is 11.1. The van der Waals surface area contributed by atoms with E-state index in [0.29, 0.717) is 12.1 Å². The summed E-state index contributed by atoms with van der Waals surface area (Å²) >= 11 is 0. The van der Waals surface area contributed by atoms with Gasteiger partial charge in [0.2, 0.25) is 0 Å². The van der Waals surface area contributed by atoms with Gasteiger partial charge in [-0.1, -0.05) is 6.92 Å². The molecular formula is C21H43IN4O2. The number of nitrogens with zero attached hydrogens (tertiary/aromatic N) is 3. The van der Waals surface area contributed by atoms with Crippen LogP contribution in [0.3, 0.4) is 0 Å². The first-order valence-electron chi connectivity index (χ1n) is 11.0. The van der Waals surface area contributed by atoms with Crippen molar-refractivity contribution in [1.29, 1.82) is 0 Å². The normalized spacial score (nSPS) is 21.4. The van der Waals surface area contributed by atoms with Gasteiger partial charge in [-0.25, -0.2) is 0 Å². The van der Waals surface area contributed by atoms with Crippen LogP contribution in [0.4, 0.5) is 0 Å². The maximum atomic E-state index is 5.99. The number of hydrogen-bond donors (Lipinski definition) is 1. The molecule has 2 fully saturated rings. The van der Waals surface area contributed by atoms with Crippen LogP contribution in [0.2, 0.25) is 0 Å². The third-order valence-corrected chi connectivity index (χ3v) is 5.87. The zero-order valence-corrected chi connectivity index (χ0v) is 20.8. The van der Waals surface area contributed by atoms with Crippen LogP contribution in [0, 0.1) is 5.92 Å². The molecule has 28 heavy (non-hydrogen) atoms. The summed E-state index contributed by atoms with van der Waals surface area (Å²) in [6.07, 6.45) is 6.18. The topological polar surface area (TPSA) is 49.3 Å². The standard InChI is InChI=1S/C21H42N4O2.HI/c1-5-22-21(23-17-19(3)24-11-7-18(2)8-12-24)25-13-9-20(10-14-25)27-16-6-15-26-4;/h18-20H,5-17H2,1-4H3,(H,22,23);1H. The van der Waals surface area contributed by atoms with Crippen molar-refractivity contribution in [2.24, 2.45) is 10.9 Å². The molecule has 1 atom stereocenters. The predicted octanol–water partition coefficient (Wildman–Crippen LogP) is 3.21. The average Bonchev–Trinajstić information content (AvgIpc) is 2.69. The summed E-state index contributed by atoms with van der Waals surface area (Å²) in [4.78, 5) is 9.99. The maximum Gasteiger partial charge on any atom is 0.193 e. The molecule has 166 valence electrons. The van der Waals surface area contributed by atoms with E-state index in [1.165, 1.54) is 25.9 Å². The summed E-state index contributed by atoms with van der Waals surface area (Å²) in [5.41, 5.74) is 0. The minimum absolute atomic E-state index is 0. The minimum Gasteiger partial charge on any atom is -0.385 e. The van der Waals surface area contributed by atoms with Crippen LogP contribution >= 0.6 is 24.0 Å². The van der Waals surface area contributed by atoms with E-state index in [1.54, 1.807) is 7.11 Å². The number of hydrogen-bond acceptors (Lipinski definition) is 4. The van der Waals surface area contributed by atoms with Crippen LogP contribution in [0.15, 0.2) is 4.99 Å². The van der Waals surface area contributed by atoms with E-state index in [4.69, 9.17) is 14.5 Å². The van der Waals surface area contributed by atoms with E-state index in [-0.39, 0.29) is 24.0 Å². The fraction of sp³-hybridized carbons (Fsp3) is 0.952. The number of likely N-dealkylation sites (tertiary alicyclic amines) is 2. The summed E-state index contributed by atoms with van der Waals surface area (Å²) in [6.45, 7) is 14.7. The highest BCUT2D eigenvalue weighted by atomic mass is 127. The van der Waals surface area contributed by atoms with Gasteiger partial charge in [-0.2, -0.15) is 0 Å². The Morgan fingerprint density at radius 2 is 1.79 bits per heavy atom. The molecule has 7 heteroatoms. The number of piperidine rings is 2. The lowest BCUT2D eigenvalue weighted by atomic mass is 9.98. The first kappa shape index (κ1) is 25.9. The molecule has 6 nitrogen and oxygen atoms in total. The fourth-order valence-electron chi connectivity index (χ4n) is 3.92. The van der Waals surface area contributed by atoms with Gasteiger partial charge in [0.05, 0.1) is 12.6 Å². The quantitative estimate of drug-likeness (QED) is 0.224. The molecule has 1 N–H and O–H groups in total. The minimum atomic E-state index is 0. The molecule has 2 rings (SSSR count). The molecule has 0 bridgehead atoms. The Hall–Kier alpha value is -0.120. The van der Waals surface area contributed by atoms with Crippen molar-refractivity contribution in [3.8, 4) is 0 Å². The van der Waals surface area contributed by atoms with Gasteiger partial charge in [-0.15, -0.1) is 24.0 Å². The summed E-state index contributed by atoms with van der Waals surface area (Å²) in [6, 6.07) is 0.521. The number of nitrogens with one attached hydrogen (secondary N) is 1. The van der Waals surface area contributed by atoms with Gasteiger partial charge in [0.15, 0.2) is 5.96 Å². The molecule has 0 aromatic carbocycles. The van der Waals surface area contributed by atoms with E-state index in [2.05, 4.69) is 35.9 Å². The third kappa shape index (κ3) is 9.13. The van der Waals surface area contributed by atoms with Crippen molar-refractivity contribution < 1.29 is 9.47 Å². The van der Waals surface area contributed by atoms with Crippen LogP contribution in [0.5, 0.6) is 0 Å². The van der Waals surface area contributed by atoms with E-state index < -0.39 is 0 Å². The lowest BCUT2D eigenvalue weighted by Crippen LogP contribution is -2.48. The number of rotatable bonds is 9. The molecule has 2 aliphatic heterocycles. The second-order valence-electron chi connectivity index (χ2n) is 8.17. The van der Waals surface area contributed by atoms with Crippen LogP contribution < -0.4 is 5.32 Å². The molecule has 0 amide bonds. The molecule has 0 saturated carbocycles. The Morgan fingerprint density at radius 1 is 1.11 bits per heavy atom. The number of halogens is 1. The van der Waals surface area contributed by atoms with Gasteiger partial charge in [0.1, 0.15) is 0 Å². The largest absolute Gasteiger partial charge is 0.385 e. The monoisotopic (exact) mass is 510 g/mol. The number of aliphatic imine (C=N–C) groups is 1. The number of ether oxygens (including phenoxy) is 2. The van der Waals surface area contributed by atoms with Crippen molar-refractivity contribution in [3.05, 3.63) is 0 Å². The van der Waals surface area contributed by atoms with E-state index in [9.17, 15) is 0 Å².